The Hall–Kier alpha value is -3.02. The second-order valence-electron chi connectivity index (χ2n) is 6.19. The van der Waals surface area contributed by atoms with Crippen molar-refractivity contribution in [2.75, 3.05) is 5.32 Å². The first-order valence-corrected chi connectivity index (χ1v) is 8.27. The summed E-state index contributed by atoms with van der Waals surface area (Å²) in [5.41, 5.74) is 1.10. The SMILES string of the molecule is O=C(NC1CCCC1)c1ccc(NC(=O)c2ccc(O)cc2O)cc1. The van der Waals surface area contributed by atoms with E-state index >= 15 is 0 Å². The lowest BCUT2D eigenvalue weighted by Crippen LogP contribution is -2.32. The summed E-state index contributed by atoms with van der Waals surface area (Å²) in [5, 5.41) is 24.6. The topological polar surface area (TPSA) is 98.7 Å². The number of phenols is 2. The van der Waals surface area contributed by atoms with Crippen molar-refractivity contribution >= 4 is 17.5 Å². The lowest BCUT2D eigenvalue weighted by molar-refractivity contribution is 0.0937. The number of carbonyl (C=O) groups excluding carboxylic acids is 2. The molecule has 0 aliphatic heterocycles. The first-order valence-electron chi connectivity index (χ1n) is 8.27. The highest BCUT2D eigenvalue weighted by molar-refractivity contribution is 6.06. The van der Waals surface area contributed by atoms with Gasteiger partial charge >= 0.3 is 0 Å². The number of rotatable bonds is 4. The Bertz CT molecular complexity index is 781. The summed E-state index contributed by atoms with van der Waals surface area (Å²) in [6.45, 7) is 0. The van der Waals surface area contributed by atoms with E-state index in [-0.39, 0.29) is 29.0 Å². The predicted molar refractivity (Wildman–Crippen MR) is 93.9 cm³/mol. The van der Waals surface area contributed by atoms with Crippen LogP contribution < -0.4 is 10.6 Å². The molecule has 0 saturated heterocycles. The Balaban J connectivity index is 1.63. The Morgan fingerprint density at radius 2 is 1.60 bits per heavy atom. The Morgan fingerprint density at radius 3 is 2.24 bits per heavy atom. The number of amides is 2. The van der Waals surface area contributed by atoms with E-state index in [4.69, 9.17) is 0 Å². The zero-order valence-electron chi connectivity index (χ0n) is 13.7. The number of benzene rings is 2. The smallest absolute Gasteiger partial charge is 0.259 e. The van der Waals surface area contributed by atoms with Crippen LogP contribution in [0.5, 0.6) is 11.5 Å². The summed E-state index contributed by atoms with van der Waals surface area (Å²) in [7, 11) is 0. The fourth-order valence-corrected chi connectivity index (χ4v) is 2.95. The van der Waals surface area contributed by atoms with Crippen LogP contribution in [0.15, 0.2) is 42.5 Å². The van der Waals surface area contributed by atoms with E-state index in [1.54, 1.807) is 24.3 Å². The molecule has 130 valence electrons. The largest absolute Gasteiger partial charge is 0.508 e. The summed E-state index contributed by atoms with van der Waals surface area (Å²) in [5.74, 6) is -1.03. The first kappa shape index (κ1) is 16.8. The first-order chi connectivity index (χ1) is 12.0. The minimum absolute atomic E-state index is 0.0563. The molecule has 1 aliphatic carbocycles. The number of hydrogen-bond acceptors (Lipinski definition) is 4. The van der Waals surface area contributed by atoms with Crippen molar-refractivity contribution < 1.29 is 19.8 Å². The van der Waals surface area contributed by atoms with E-state index < -0.39 is 5.91 Å². The van der Waals surface area contributed by atoms with Crippen molar-refractivity contribution in [1.29, 1.82) is 0 Å². The third kappa shape index (κ3) is 4.09. The number of phenolic OH excluding ortho intramolecular Hbond substituents is 2. The molecule has 1 saturated carbocycles. The molecule has 6 nitrogen and oxygen atoms in total. The van der Waals surface area contributed by atoms with Crippen molar-refractivity contribution in [3.8, 4) is 11.5 Å². The van der Waals surface area contributed by atoms with E-state index in [0.29, 0.717) is 11.3 Å². The summed E-state index contributed by atoms with van der Waals surface area (Å²) < 4.78 is 0. The summed E-state index contributed by atoms with van der Waals surface area (Å²) in [6, 6.07) is 10.6. The average Bonchev–Trinajstić information content (AvgIpc) is 3.08. The van der Waals surface area contributed by atoms with Crippen molar-refractivity contribution in [2.24, 2.45) is 0 Å². The van der Waals surface area contributed by atoms with Crippen LogP contribution in [0.3, 0.4) is 0 Å². The summed E-state index contributed by atoms with van der Waals surface area (Å²) in [4.78, 5) is 24.3. The number of anilines is 1. The average molecular weight is 340 g/mol. The minimum atomic E-state index is -0.499. The molecule has 0 heterocycles. The van der Waals surface area contributed by atoms with Gasteiger partial charge in [-0.05, 0) is 49.2 Å². The van der Waals surface area contributed by atoms with Crippen LogP contribution in [0.25, 0.3) is 0 Å². The van der Waals surface area contributed by atoms with Gasteiger partial charge in [0, 0.05) is 23.4 Å². The molecule has 1 aliphatic rings. The van der Waals surface area contributed by atoms with E-state index in [2.05, 4.69) is 10.6 Å². The molecular weight excluding hydrogens is 320 g/mol. The molecule has 6 heteroatoms. The Labute approximate surface area is 145 Å². The highest BCUT2D eigenvalue weighted by Crippen LogP contribution is 2.24. The van der Waals surface area contributed by atoms with Gasteiger partial charge in [0.05, 0.1) is 5.56 Å². The number of nitrogens with one attached hydrogen (secondary N) is 2. The van der Waals surface area contributed by atoms with Gasteiger partial charge in [-0.15, -0.1) is 0 Å². The van der Waals surface area contributed by atoms with Crippen LogP contribution in [-0.2, 0) is 0 Å². The Morgan fingerprint density at radius 1 is 0.920 bits per heavy atom. The van der Waals surface area contributed by atoms with Crippen LogP contribution in [0.1, 0.15) is 46.4 Å². The van der Waals surface area contributed by atoms with Gasteiger partial charge in [0.25, 0.3) is 11.8 Å². The molecule has 4 N–H and O–H groups in total. The maximum absolute atomic E-state index is 12.2. The zero-order chi connectivity index (χ0) is 17.8. The second kappa shape index (κ2) is 7.25. The fourth-order valence-electron chi connectivity index (χ4n) is 2.95. The van der Waals surface area contributed by atoms with Gasteiger partial charge in [-0.25, -0.2) is 0 Å². The third-order valence-corrected chi connectivity index (χ3v) is 4.32. The number of carbonyl (C=O) groups is 2. The standard InChI is InChI=1S/C19H20N2O4/c22-15-9-10-16(17(23)11-15)19(25)21-14-7-5-12(6-8-14)18(24)20-13-3-1-2-4-13/h5-11,13,22-23H,1-4H2,(H,20,24)(H,21,25). The lowest BCUT2D eigenvalue weighted by atomic mass is 10.1. The zero-order valence-corrected chi connectivity index (χ0v) is 13.7. The molecule has 0 spiro atoms. The van der Waals surface area contributed by atoms with Crippen molar-refractivity contribution in [3.05, 3.63) is 53.6 Å². The van der Waals surface area contributed by atoms with Crippen LogP contribution in [0, 0.1) is 0 Å². The highest BCUT2D eigenvalue weighted by Gasteiger charge is 2.18. The van der Waals surface area contributed by atoms with Crippen LogP contribution in [0.4, 0.5) is 5.69 Å². The normalized spacial score (nSPS) is 14.2. The van der Waals surface area contributed by atoms with E-state index in [1.165, 1.54) is 12.1 Å². The van der Waals surface area contributed by atoms with Gasteiger partial charge in [0.15, 0.2) is 0 Å². The quantitative estimate of drug-likeness (QED) is 0.687. The molecule has 0 radical (unpaired) electrons. The van der Waals surface area contributed by atoms with E-state index in [9.17, 15) is 19.8 Å². The van der Waals surface area contributed by atoms with Gasteiger partial charge in [-0.1, -0.05) is 12.8 Å². The molecule has 0 aromatic heterocycles. The van der Waals surface area contributed by atoms with Crippen molar-refractivity contribution in [2.45, 2.75) is 31.7 Å². The molecule has 0 atom stereocenters. The lowest BCUT2D eigenvalue weighted by Gasteiger charge is -2.12. The monoisotopic (exact) mass is 340 g/mol. The van der Waals surface area contributed by atoms with E-state index in [0.717, 1.165) is 31.7 Å². The Kier molecular flexibility index (Phi) is 4.88. The number of aromatic hydroxyl groups is 2. The molecule has 0 bridgehead atoms. The maximum Gasteiger partial charge on any atom is 0.259 e. The highest BCUT2D eigenvalue weighted by atomic mass is 16.3. The molecule has 3 rings (SSSR count). The molecule has 2 amide bonds. The fraction of sp³-hybridized carbons (Fsp3) is 0.263. The predicted octanol–water partition coefficient (Wildman–Crippen LogP) is 3.02. The second-order valence-corrected chi connectivity index (χ2v) is 6.19. The van der Waals surface area contributed by atoms with Gasteiger partial charge in [0.1, 0.15) is 11.5 Å². The van der Waals surface area contributed by atoms with Gasteiger partial charge in [0.2, 0.25) is 0 Å². The van der Waals surface area contributed by atoms with Crippen LogP contribution in [0.2, 0.25) is 0 Å². The van der Waals surface area contributed by atoms with Crippen LogP contribution in [-0.4, -0.2) is 28.1 Å². The van der Waals surface area contributed by atoms with Gasteiger partial charge in [-0.3, -0.25) is 9.59 Å². The van der Waals surface area contributed by atoms with Gasteiger partial charge < -0.3 is 20.8 Å². The molecule has 25 heavy (non-hydrogen) atoms. The van der Waals surface area contributed by atoms with Crippen LogP contribution >= 0.6 is 0 Å². The molecular formula is C19H20N2O4. The third-order valence-electron chi connectivity index (χ3n) is 4.32. The molecule has 1 fully saturated rings. The molecule has 2 aromatic rings. The molecule has 0 unspecified atom stereocenters. The molecule has 2 aromatic carbocycles. The minimum Gasteiger partial charge on any atom is -0.508 e. The van der Waals surface area contributed by atoms with Crippen molar-refractivity contribution in [3.63, 3.8) is 0 Å². The number of hydrogen-bond donors (Lipinski definition) is 4. The maximum atomic E-state index is 12.2. The summed E-state index contributed by atoms with van der Waals surface area (Å²) >= 11 is 0. The van der Waals surface area contributed by atoms with E-state index in [1.807, 2.05) is 0 Å². The van der Waals surface area contributed by atoms with Gasteiger partial charge in [-0.2, -0.15) is 0 Å². The summed E-state index contributed by atoms with van der Waals surface area (Å²) in [6.07, 6.45) is 4.35. The van der Waals surface area contributed by atoms with Crippen molar-refractivity contribution in [1.82, 2.24) is 5.32 Å².